The van der Waals surface area contributed by atoms with Gasteiger partial charge in [0.15, 0.2) is 0 Å². The van der Waals surface area contributed by atoms with Crippen molar-refractivity contribution in [1.82, 2.24) is 4.90 Å². The maximum Gasteiger partial charge on any atom is 0.332 e. The molecule has 0 saturated carbocycles. The van der Waals surface area contributed by atoms with Gasteiger partial charge in [0.2, 0.25) is 0 Å². The van der Waals surface area contributed by atoms with Crippen molar-refractivity contribution >= 4 is 5.97 Å². The number of carbonyl (C=O) groups is 1. The van der Waals surface area contributed by atoms with Gasteiger partial charge in [-0.15, -0.1) is 0 Å². The van der Waals surface area contributed by atoms with Crippen molar-refractivity contribution in [2.24, 2.45) is 0 Å². The molecule has 0 bridgehead atoms. The molecule has 4 heteroatoms. The van der Waals surface area contributed by atoms with Gasteiger partial charge in [-0.3, -0.25) is 4.90 Å². The number of para-hydroxylation sites is 1. The van der Waals surface area contributed by atoms with E-state index in [0.29, 0.717) is 18.7 Å². The molecule has 1 heterocycles. The highest BCUT2D eigenvalue weighted by molar-refractivity contribution is 5.87. The summed E-state index contributed by atoms with van der Waals surface area (Å²) in [5.41, 5.74) is 0.525. The molecule has 0 radical (unpaired) electrons. The Balaban J connectivity index is 1.60. The minimum atomic E-state index is -0.790. The number of aliphatic carboxylic acids is 1. The zero-order valence-corrected chi connectivity index (χ0v) is 11.6. The van der Waals surface area contributed by atoms with Crippen molar-refractivity contribution in [1.29, 1.82) is 0 Å². The lowest BCUT2D eigenvalue weighted by molar-refractivity contribution is -0.133. The van der Waals surface area contributed by atoms with Gasteiger partial charge in [-0.1, -0.05) is 24.3 Å². The fourth-order valence-electron chi connectivity index (χ4n) is 2.30. The topological polar surface area (TPSA) is 49.8 Å². The highest BCUT2D eigenvalue weighted by Gasteiger charge is 2.16. The van der Waals surface area contributed by atoms with Crippen LogP contribution in [0.25, 0.3) is 0 Å². The molecule has 4 nitrogen and oxygen atoms in total. The summed E-state index contributed by atoms with van der Waals surface area (Å²) in [6.07, 6.45) is 4.68. The number of hydrogen-bond acceptors (Lipinski definition) is 3. The second-order valence-electron chi connectivity index (χ2n) is 4.97. The van der Waals surface area contributed by atoms with Crippen molar-refractivity contribution < 1.29 is 14.6 Å². The van der Waals surface area contributed by atoms with Gasteiger partial charge in [0, 0.05) is 18.7 Å². The zero-order valence-electron chi connectivity index (χ0n) is 11.6. The number of carboxylic acids is 1. The average Bonchev–Trinajstić information content (AvgIpc) is 2.48. The van der Waals surface area contributed by atoms with Gasteiger partial charge in [0.05, 0.1) is 6.61 Å². The molecule has 0 atom stereocenters. The van der Waals surface area contributed by atoms with Crippen molar-refractivity contribution in [3.63, 3.8) is 0 Å². The summed E-state index contributed by atoms with van der Waals surface area (Å²) in [7, 11) is 0. The number of hydrogen-bond donors (Lipinski definition) is 1. The van der Waals surface area contributed by atoms with Gasteiger partial charge in [0.1, 0.15) is 5.75 Å². The highest BCUT2D eigenvalue weighted by Crippen LogP contribution is 2.12. The Morgan fingerprint density at radius 1 is 1.25 bits per heavy atom. The van der Waals surface area contributed by atoms with Crippen molar-refractivity contribution in [2.45, 2.75) is 19.3 Å². The van der Waals surface area contributed by atoms with Gasteiger partial charge < -0.3 is 9.84 Å². The van der Waals surface area contributed by atoms with Crippen LogP contribution in [0.15, 0.2) is 42.0 Å². The molecule has 20 heavy (non-hydrogen) atoms. The molecule has 0 fully saturated rings. The molecule has 0 saturated heterocycles. The van der Waals surface area contributed by atoms with Gasteiger partial charge in [-0.2, -0.15) is 0 Å². The van der Waals surface area contributed by atoms with E-state index >= 15 is 0 Å². The minimum Gasteiger partial charge on any atom is -0.494 e. The Labute approximate surface area is 119 Å². The third-order valence-corrected chi connectivity index (χ3v) is 3.39. The molecular weight excluding hydrogens is 254 g/mol. The van der Waals surface area contributed by atoms with E-state index in [1.165, 1.54) is 0 Å². The normalized spacial score (nSPS) is 15.7. The van der Waals surface area contributed by atoms with Crippen LogP contribution >= 0.6 is 0 Å². The average molecular weight is 275 g/mol. The van der Waals surface area contributed by atoms with E-state index in [2.05, 4.69) is 4.90 Å². The number of unbranched alkanes of at least 4 members (excludes halogenated alkanes) is 1. The van der Waals surface area contributed by atoms with E-state index in [1.807, 2.05) is 36.4 Å². The maximum atomic E-state index is 10.9. The molecule has 0 unspecified atom stereocenters. The van der Waals surface area contributed by atoms with Crippen LogP contribution in [0.4, 0.5) is 0 Å². The molecule has 1 N–H and O–H groups in total. The molecule has 1 aromatic rings. The first-order valence-corrected chi connectivity index (χ1v) is 7.08. The summed E-state index contributed by atoms with van der Waals surface area (Å²) in [5.74, 6) is 0.115. The van der Waals surface area contributed by atoms with E-state index in [4.69, 9.17) is 9.84 Å². The van der Waals surface area contributed by atoms with E-state index < -0.39 is 5.97 Å². The summed E-state index contributed by atoms with van der Waals surface area (Å²) in [6.45, 7) is 3.16. The first kappa shape index (κ1) is 14.6. The van der Waals surface area contributed by atoms with E-state index in [9.17, 15) is 4.79 Å². The van der Waals surface area contributed by atoms with Crippen LogP contribution in [0.5, 0.6) is 5.75 Å². The third-order valence-electron chi connectivity index (χ3n) is 3.39. The highest BCUT2D eigenvalue weighted by atomic mass is 16.5. The second kappa shape index (κ2) is 7.70. The molecule has 1 aromatic carbocycles. The van der Waals surface area contributed by atoms with Crippen LogP contribution in [0.1, 0.15) is 19.3 Å². The molecular formula is C16H21NO3. The van der Waals surface area contributed by atoms with Gasteiger partial charge in [0.25, 0.3) is 0 Å². The van der Waals surface area contributed by atoms with Crippen LogP contribution < -0.4 is 4.74 Å². The van der Waals surface area contributed by atoms with Crippen LogP contribution in [-0.4, -0.2) is 42.2 Å². The Kier molecular flexibility index (Phi) is 5.62. The summed E-state index contributed by atoms with van der Waals surface area (Å²) < 4.78 is 5.63. The summed E-state index contributed by atoms with van der Waals surface area (Å²) in [5, 5.41) is 8.98. The Hall–Kier alpha value is -1.81. The lowest BCUT2D eigenvalue weighted by Crippen LogP contribution is -2.33. The van der Waals surface area contributed by atoms with E-state index in [1.54, 1.807) is 0 Å². The minimum absolute atomic E-state index is 0.525. The quantitative estimate of drug-likeness (QED) is 0.777. The van der Waals surface area contributed by atoms with Gasteiger partial charge >= 0.3 is 5.97 Å². The predicted octanol–water partition coefficient (Wildman–Crippen LogP) is 2.56. The Morgan fingerprint density at radius 3 is 2.80 bits per heavy atom. The Bertz CT molecular complexity index is 456. The molecule has 0 aliphatic carbocycles. The number of nitrogens with zero attached hydrogens (tertiary/aromatic N) is 1. The lowest BCUT2D eigenvalue weighted by Gasteiger charge is -2.25. The first-order chi connectivity index (χ1) is 9.75. The largest absolute Gasteiger partial charge is 0.494 e. The zero-order chi connectivity index (χ0) is 14.2. The summed E-state index contributed by atoms with van der Waals surface area (Å²) >= 11 is 0. The van der Waals surface area contributed by atoms with E-state index in [-0.39, 0.29) is 0 Å². The molecule has 1 aliphatic heterocycles. The smallest absolute Gasteiger partial charge is 0.332 e. The van der Waals surface area contributed by atoms with Crippen LogP contribution in [0.2, 0.25) is 0 Å². The third kappa shape index (κ3) is 4.70. The van der Waals surface area contributed by atoms with Crippen LogP contribution in [-0.2, 0) is 4.79 Å². The van der Waals surface area contributed by atoms with Crippen LogP contribution in [0.3, 0.4) is 0 Å². The number of ether oxygens (including phenoxy) is 1. The number of benzene rings is 1. The van der Waals surface area contributed by atoms with Crippen LogP contribution in [0, 0.1) is 0 Å². The van der Waals surface area contributed by atoms with Gasteiger partial charge in [-0.05, 0) is 37.9 Å². The van der Waals surface area contributed by atoms with Crippen molar-refractivity contribution in [2.75, 3.05) is 26.2 Å². The fourth-order valence-corrected chi connectivity index (χ4v) is 2.30. The number of carboxylic acid groups (broad SMARTS) is 1. The lowest BCUT2D eigenvalue weighted by atomic mass is 10.1. The molecule has 2 rings (SSSR count). The summed E-state index contributed by atoms with van der Waals surface area (Å²) in [6, 6.07) is 9.80. The first-order valence-electron chi connectivity index (χ1n) is 7.08. The molecule has 0 aromatic heterocycles. The Morgan fingerprint density at radius 2 is 2.05 bits per heavy atom. The number of rotatable bonds is 7. The summed E-state index contributed by atoms with van der Waals surface area (Å²) in [4.78, 5) is 13.1. The SMILES string of the molecule is O=C(O)C1=CCCN(CCCCOc2ccccc2)C1. The predicted molar refractivity (Wildman–Crippen MR) is 77.9 cm³/mol. The second-order valence-corrected chi connectivity index (χ2v) is 4.97. The fraction of sp³-hybridized carbons (Fsp3) is 0.438. The van der Waals surface area contributed by atoms with Crippen molar-refractivity contribution in [3.05, 3.63) is 42.0 Å². The molecule has 108 valence electrons. The standard InChI is InChI=1S/C16H21NO3/c18-16(19)14-7-6-11-17(13-14)10-4-5-12-20-15-8-2-1-3-9-15/h1-3,7-9H,4-6,10-13H2,(H,18,19). The molecule has 0 spiro atoms. The maximum absolute atomic E-state index is 10.9. The van der Waals surface area contributed by atoms with E-state index in [0.717, 1.165) is 38.1 Å². The monoisotopic (exact) mass is 275 g/mol. The van der Waals surface area contributed by atoms with Crippen molar-refractivity contribution in [3.8, 4) is 5.75 Å². The molecule has 0 amide bonds. The van der Waals surface area contributed by atoms with Gasteiger partial charge in [-0.25, -0.2) is 4.79 Å². The molecule has 1 aliphatic rings.